The van der Waals surface area contributed by atoms with Crippen molar-refractivity contribution in [2.45, 2.75) is 6.73 Å². The van der Waals surface area contributed by atoms with Crippen molar-refractivity contribution in [1.82, 2.24) is 4.57 Å². The van der Waals surface area contributed by atoms with E-state index in [9.17, 15) is 4.79 Å². The molecule has 7 heteroatoms. The fraction of sp³-hybridized carbons (Fsp3) is 0.538. The maximum Gasteiger partial charge on any atom is 0.340 e. The van der Waals surface area contributed by atoms with Crippen LogP contribution in [-0.4, -0.2) is 48.8 Å². The summed E-state index contributed by atoms with van der Waals surface area (Å²) in [6.07, 6.45) is 8.23. The van der Waals surface area contributed by atoms with Gasteiger partial charge in [-0.25, -0.2) is 14.8 Å². The highest BCUT2D eigenvalue weighted by Gasteiger charge is 2.19. The second-order valence-electron chi connectivity index (χ2n) is 5.11. The predicted octanol–water partition coefficient (Wildman–Crippen LogP) is 2.58. The smallest absolute Gasteiger partial charge is 0.340 e. The van der Waals surface area contributed by atoms with Gasteiger partial charge < -0.3 is 14.0 Å². The molecular formula is C13H19BrN2O3S. The highest BCUT2D eigenvalue weighted by Crippen LogP contribution is 2.33. The van der Waals surface area contributed by atoms with Crippen LogP contribution < -0.4 is 0 Å². The normalized spacial score (nSPS) is 12.0. The Morgan fingerprint density at radius 3 is 2.65 bits per heavy atom. The highest BCUT2D eigenvalue weighted by atomic mass is 79.9. The Hall–Kier alpha value is -0.970. The molecule has 0 saturated heterocycles. The zero-order valence-corrected chi connectivity index (χ0v) is 14.5. The number of esters is 1. The first kappa shape index (κ1) is 17.1. The third kappa shape index (κ3) is 4.54. The van der Waals surface area contributed by atoms with E-state index in [1.54, 1.807) is 10.8 Å². The molecule has 1 heterocycles. The van der Waals surface area contributed by atoms with E-state index in [-0.39, 0.29) is 6.73 Å². The van der Waals surface area contributed by atoms with Gasteiger partial charge in [0, 0.05) is 11.9 Å². The van der Waals surface area contributed by atoms with Gasteiger partial charge in [-0.3, -0.25) is 0 Å². The largest absolute Gasteiger partial charge is 0.465 e. The van der Waals surface area contributed by atoms with Crippen LogP contribution in [0.5, 0.6) is 0 Å². The summed E-state index contributed by atoms with van der Waals surface area (Å²) in [7, 11) is 0.709. The fourth-order valence-corrected chi connectivity index (χ4v) is 2.67. The van der Waals surface area contributed by atoms with Crippen LogP contribution >= 0.6 is 26.0 Å². The van der Waals surface area contributed by atoms with Gasteiger partial charge in [0.1, 0.15) is 18.5 Å². The maximum atomic E-state index is 11.6. The third-order valence-corrected chi connectivity index (χ3v) is 4.79. The summed E-state index contributed by atoms with van der Waals surface area (Å²) in [6, 6.07) is 2.05. The van der Waals surface area contributed by atoms with E-state index >= 15 is 0 Å². The zero-order valence-electron chi connectivity index (χ0n) is 12.1. The molecule has 1 rings (SSSR count). The first-order valence-electron chi connectivity index (χ1n) is 5.91. The predicted molar refractivity (Wildman–Crippen MR) is 84.4 cm³/mol. The minimum absolute atomic E-state index is 0.244. The molecular weight excluding hydrogens is 344 g/mol. The molecule has 1 aromatic rings. The van der Waals surface area contributed by atoms with Crippen LogP contribution in [0.25, 0.3) is 0 Å². The second kappa shape index (κ2) is 7.16. The number of hydrogen-bond donors (Lipinski definition) is 0. The lowest BCUT2D eigenvalue weighted by atomic mass is 10.3. The molecule has 0 spiro atoms. The van der Waals surface area contributed by atoms with Crippen molar-refractivity contribution in [3.8, 4) is 6.07 Å². The van der Waals surface area contributed by atoms with Crippen molar-refractivity contribution >= 4 is 31.9 Å². The minimum atomic E-state index is -0.597. The lowest BCUT2D eigenvalue weighted by Gasteiger charge is -2.24. The Balaban J connectivity index is 2.76. The molecule has 112 valence electrons. The number of carbonyl (C=O) groups is 1. The fourth-order valence-electron chi connectivity index (χ4n) is 1.47. The van der Waals surface area contributed by atoms with Crippen molar-refractivity contribution in [3.63, 3.8) is 0 Å². The van der Waals surface area contributed by atoms with E-state index in [4.69, 9.17) is 10.00 Å². The van der Waals surface area contributed by atoms with E-state index in [2.05, 4.69) is 45.5 Å². The number of carbonyl (C=O) groups excluding carboxylic acids is 1. The van der Waals surface area contributed by atoms with Crippen LogP contribution in [0.3, 0.4) is 0 Å². The van der Waals surface area contributed by atoms with Crippen LogP contribution in [-0.2, 0) is 16.2 Å². The monoisotopic (exact) mass is 362 g/mol. The van der Waals surface area contributed by atoms with E-state index in [1.165, 1.54) is 7.11 Å². The second-order valence-corrected chi connectivity index (χ2v) is 10.5. The Labute approximate surface area is 129 Å². The number of ether oxygens (including phenoxy) is 2. The first-order valence-corrected chi connectivity index (χ1v) is 9.73. The molecule has 0 bridgehead atoms. The van der Waals surface area contributed by atoms with Gasteiger partial charge in [-0.1, -0.05) is 0 Å². The Bertz CT molecular complexity index is 529. The number of nitrogens with zero attached hydrogens (tertiary/aromatic N) is 2. The van der Waals surface area contributed by atoms with E-state index in [0.717, 1.165) is 5.75 Å². The molecule has 0 aliphatic rings. The lowest BCUT2D eigenvalue weighted by molar-refractivity contribution is 0.0598. The molecule has 5 nitrogen and oxygen atoms in total. The molecule has 0 aliphatic heterocycles. The van der Waals surface area contributed by atoms with Crippen LogP contribution in [0.2, 0.25) is 0 Å². The van der Waals surface area contributed by atoms with Crippen molar-refractivity contribution in [1.29, 1.82) is 5.26 Å². The van der Waals surface area contributed by atoms with E-state index < -0.39 is 16.0 Å². The van der Waals surface area contributed by atoms with E-state index in [0.29, 0.717) is 22.3 Å². The molecule has 0 N–H and O–H groups in total. The third-order valence-electron chi connectivity index (χ3n) is 2.60. The summed E-state index contributed by atoms with van der Waals surface area (Å²) in [4.78, 5) is 11.6. The SMILES string of the molecule is COC(=O)c1cn(COCCS(C)(C)C)c(C#N)c1Br. The number of halogens is 1. The summed E-state index contributed by atoms with van der Waals surface area (Å²) in [5.41, 5.74) is 0.683. The number of rotatable bonds is 6. The van der Waals surface area contributed by atoms with Gasteiger partial charge in [-0.2, -0.15) is 5.26 Å². The number of methoxy groups -OCH3 is 1. The van der Waals surface area contributed by atoms with Gasteiger partial charge in [0.25, 0.3) is 0 Å². The van der Waals surface area contributed by atoms with Gasteiger partial charge in [0.05, 0.1) is 23.8 Å². The Morgan fingerprint density at radius 2 is 2.15 bits per heavy atom. The molecule has 0 aromatic carbocycles. The van der Waals surface area contributed by atoms with Crippen molar-refractivity contribution in [3.05, 3.63) is 21.9 Å². The summed E-state index contributed by atoms with van der Waals surface area (Å²) in [6.45, 7) is 0.876. The topological polar surface area (TPSA) is 64.2 Å². The van der Waals surface area contributed by atoms with Crippen LogP contribution in [0.1, 0.15) is 16.1 Å². The average Bonchev–Trinajstić information content (AvgIpc) is 2.69. The number of hydrogen-bond acceptors (Lipinski definition) is 4. The van der Waals surface area contributed by atoms with Crippen molar-refractivity contribution in [2.75, 3.05) is 38.2 Å². The zero-order chi connectivity index (χ0) is 15.3. The molecule has 0 atom stereocenters. The lowest BCUT2D eigenvalue weighted by Crippen LogP contribution is -2.10. The van der Waals surface area contributed by atoms with Crippen LogP contribution in [0.15, 0.2) is 10.7 Å². The summed E-state index contributed by atoms with van der Waals surface area (Å²) in [5, 5.41) is 9.15. The van der Waals surface area contributed by atoms with Gasteiger partial charge >= 0.3 is 5.97 Å². The molecule has 0 amide bonds. The minimum Gasteiger partial charge on any atom is -0.465 e. The van der Waals surface area contributed by atoms with Crippen molar-refractivity contribution in [2.24, 2.45) is 0 Å². The molecule has 0 fully saturated rings. The van der Waals surface area contributed by atoms with Crippen LogP contribution in [0, 0.1) is 11.3 Å². The maximum absolute atomic E-state index is 11.6. The van der Waals surface area contributed by atoms with E-state index in [1.807, 2.05) is 0 Å². The van der Waals surface area contributed by atoms with Gasteiger partial charge in [0.2, 0.25) is 0 Å². The standard InChI is InChI=1S/C13H19BrN2O3S/c1-18-13(17)10-8-16(11(7-15)12(10)14)9-19-5-6-20(2,3)4/h8H,5-6,9H2,1-4H3. The molecule has 0 aliphatic carbocycles. The summed E-state index contributed by atoms with van der Waals surface area (Å²) < 4.78 is 12.3. The highest BCUT2D eigenvalue weighted by molar-refractivity contribution is 9.10. The van der Waals surface area contributed by atoms with Gasteiger partial charge in [-0.15, -0.1) is 0 Å². The van der Waals surface area contributed by atoms with Crippen molar-refractivity contribution < 1.29 is 14.3 Å². The van der Waals surface area contributed by atoms with Gasteiger partial charge in [0.15, 0.2) is 0 Å². The summed E-state index contributed by atoms with van der Waals surface area (Å²) >= 11 is 3.25. The quantitative estimate of drug-likeness (QED) is 0.576. The molecule has 0 saturated carbocycles. The summed E-state index contributed by atoms with van der Waals surface area (Å²) in [5.74, 6) is 0.521. The number of nitriles is 1. The Kier molecular flexibility index (Phi) is 6.11. The molecule has 0 radical (unpaired) electrons. The molecule has 0 unspecified atom stereocenters. The average molecular weight is 363 g/mol. The first-order chi connectivity index (χ1) is 9.30. The van der Waals surface area contributed by atoms with Crippen LogP contribution in [0.4, 0.5) is 0 Å². The molecule has 1 aromatic heterocycles. The Morgan fingerprint density at radius 1 is 1.50 bits per heavy atom. The molecule has 20 heavy (non-hydrogen) atoms. The van der Waals surface area contributed by atoms with Gasteiger partial charge in [-0.05, 0) is 34.7 Å². The number of aromatic nitrogens is 1.